The highest BCUT2D eigenvalue weighted by atomic mass is 32.2. The molecule has 0 aliphatic carbocycles. The average molecular weight is 432 g/mol. The van der Waals surface area contributed by atoms with Crippen molar-refractivity contribution in [3.05, 3.63) is 54.1 Å². The van der Waals surface area contributed by atoms with Gasteiger partial charge in [0.25, 0.3) is 5.19 Å². The minimum Gasteiger partial charge on any atom is -0.431 e. The van der Waals surface area contributed by atoms with Crippen molar-refractivity contribution in [3.63, 3.8) is 0 Å². The Balaban J connectivity index is 1.32. The molecule has 1 fully saturated rings. The molecule has 3 aromatic rings. The molecule has 0 unspecified atom stereocenters. The Morgan fingerprint density at radius 3 is 2.48 bits per heavy atom. The molecule has 29 heavy (non-hydrogen) atoms. The van der Waals surface area contributed by atoms with E-state index in [0.717, 1.165) is 48.4 Å². The molecule has 0 atom stereocenters. The van der Waals surface area contributed by atoms with Gasteiger partial charge in [0.15, 0.2) is 0 Å². The van der Waals surface area contributed by atoms with Crippen molar-refractivity contribution in [1.29, 1.82) is 0 Å². The van der Waals surface area contributed by atoms with Crippen molar-refractivity contribution in [3.8, 4) is 10.9 Å². The molecule has 6 nitrogen and oxygen atoms in total. The molecule has 0 bridgehead atoms. The summed E-state index contributed by atoms with van der Waals surface area (Å²) in [6.45, 7) is 2.65. The fourth-order valence-corrected chi connectivity index (χ4v) is 5.22. The number of benzene rings is 2. The molecule has 154 valence electrons. The first-order valence-corrected chi connectivity index (χ1v) is 12.3. The SMILES string of the molecule is CN(C1CCN(Cc2ccc(Oc3nc4ccccc4s3)cc2)CC1)S(C)(=O)=O. The number of thiazole rings is 1. The Bertz CT molecular complexity index is 1040. The lowest BCUT2D eigenvalue weighted by molar-refractivity contribution is 0.164. The second-order valence-corrected chi connectivity index (χ2v) is 10.5. The van der Waals surface area contributed by atoms with Crippen molar-refractivity contribution >= 4 is 31.6 Å². The van der Waals surface area contributed by atoms with Gasteiger partial charge in [-0.3, -0.25) is 4.90 Å². The third-order valence-electron chi connectivity index (χ3n) is 5.40. The number of nitrogens with zero attached hydrogens (tertiary/aromatic N) is 3. The largest absolute Gasteiger partial charge is 0.431 e. The predicted octanol–water partition coefficient (Wildman–Crippen LogP) is 3.94. The summed E-state index contributed by atoms with van der Waals surface area (Å²) in [5.41, 5.74) is 2.17. The summed E-state index contributed by atoms with van der Waals surface area (Å²) in [7, 11) is -1.44. The highest BCUT2D eigenvalue weighted by molar-refractivity contribution is 7.88. The molecule has 2 heterocycles. The van der Waals surface area contributed by atoms with Crippen LogP contribution in [0.15, 0.2) is 48.5 Å². The number of rotatable bonds is 6. The Morgan fingerprint density at radius 1 is 1.14 bits per heavy atom. The lowest BCUT2D eigenvalue weighted by Crippen LogP contribution is -2.44. The molecular weight excluding hydrogens is 406 g/mol. The zero-order chi connectivity index (χ0) is 20.4. The van der Waals surface area contributed by atoms with E-state index in [0.29, 0.717) is 5.19 Å². The molecule has 8 heteroatoms. The Morgan fingerprint density at radius 2 is 1.83 bits per heavy atom. The van der Waals surface area contributed by atoms with Crippen LogP contribution >= 0.6 is 11.3 Å². The molecule has 0 spiro atoms. The quantitative estimate of drug-likeness (QED) is 0.591. The van der Waals surface area contributed by atoms with Crippen LogP contribution in [0.2, 0.25) is 0 Å². The number of piperidine rings is 1. The van der Waals surface area contributed by atoms with Gasteiger partial charge in [0.1, 0.15) is 5.75 Å². The van der Waals surface area contributed by atoms with Gasteiger partial charge in [0.2, 0.25) is 10.0 Å². The average Bonchev–Trinajstić information content (AvgIpc) is 3.11. The van der Waals surface area contributed by atoms with E-state index in [4.69, 9.17) is 4.74 Å². The summed E-state index contributed by atoms with van der Waals surface area (Å²) < 4.78 is 32.0. The van der Waals surface area contributed by atoms with Crippen molar-refractivity contribution < 1.29 is 13.2 Å². The Hall–Kier alpha value is -2.00. The molecule has 0 N–H and O–H groups in total. The standard InChI is InChI=1S/C21H25N3O3S2/c1-23(29(2,25)26)17-11-13-24(14-12-17)15-16-7-9-18(10-8-16)27-21-22-19-5-3-4-6-20(19)28-21/h3-10,17H,11-15H2,1-2H3. The van der Waals surface area contributed by atoms with Gasteiger partial charge in [-0.2, -0.15) is 0 Å². The van der Waals surface area contributed by atoms with Crippen LogP contribution in [0, 0.1) is 0 Å². The van der Waals surface area contributed by atoms with E-state index in [1.54, 1.807) is 18.4 Å². The molecule has 1 aromatic heterocycles. The summed E-state index contributed by atoms with van der Waals surface area (Å²) in [6, 6.07) is 16.2. The minimum absolute atomic E-state index is 0.103. The van der Waals surface area contributed by atoms with Crippen molar-refractivity contribution in [2.24, 2.45) is 0 Å². The van der Waals surface area contributed by atoms with Crippen molar-refractivity contribution in [1.82, 2.24) is 14.2 Å². The number of sulfonamides is 1. The highest BCUT2D eigenvalue weighted by Gasteiger charge is 2.27. The predicted molar refractivity (Wildman–Crippen MR) is 117 cm³/mol. The molecule has 2 aromatic carbocycles. The van der Waals surface area contributed by atoms with Crippen LogP contribution in [-0.2, 0) is 16.6 Å². The molecule has 1 saturated heterocycles. The smallest absolute Gasteiger partial charge is 0.279 e. The van der Waals surface area contributed by atoms with Crippen LogP contribution in [0.3, 0.4) is 0 Å². The third-order valence-corrected chi connectivity index (χ3v) is 7.66. The maximum Gasteiger partial charge on any atom is 0.279 e. The molecule has 4 rings (SSSR count). The van der Waals surface area contributed by atoms with Gasteiger partial charge >= 0.3 is 0 Å². The molecule has 1 aliphatic rings. The minimum atomic E-state index is -3.12. The zero-order valence-corrected chi connectivity index (χ0v) is 18.2. The highest BCUT2D eigenvalue weighted by Crippen LogP contribution is 2.31. The molecule has 0 saturated carbocycles. The van der Waals surface area contributed by atoms with Gasteiger partial charge in [-0.05, 0) is 42.7 Å². The number of para-hydroxylation sites is 1. The Labute approximate surface area is 175 Å². The number of fused-ring (bicyclic) bond motifs is 1. The summed E-state index contributed by atoms with van der Waals surface area (Å²) in [5, 5.41) is 0.649. The van der Waals surface area contributed by atoms with Crippen LogP contribution < -0.4 is 4.74 Å². The van der Waals surface area contributed by atoms with Gasteiger partial charge in [-0.1, -0.05) is 35.6 Å². The van der Waals surface area contributed by atoms with E-state index in [9.17, 15) is 8.42 Å². The lowest BCUT2D eigenvalue weighted by Gasteiger charge is -2.35. The van der Waals surface area contributed by atoms with Crippen LogP contribution in [0.1, 0.15) is 18.4 Å². The second kappa shape index (κ2) is 8.39. The number of aromatic nitrogens is 1. The first kappa shape index (κ1) is 20.3. The lowest BCUT2D eigenvalue weighted by atomic mass is 10.0. The summed E-state index contributed by atoms with van der Waals surface area (Å²) >= 11 is 1.54. The first-order chi connectivity index (χ1) is 13.9. The maximum atomic E-state index is 11.7. The molecular formula is C21H25N3O3S2. The molecule has 0 radical (unpaired) electrons. The van der Waals surface area contributed by atoms with Crippen LogP contribution in [0.5, 0.6) is 10.9 Å². The van der Waals surface area contributed by atoms with Gasteiger partial charge < -0.3 is 4.74 Å². The molecule has 0 amide bonds. The van der Waals surface area contributed by atoms with Crippen LogP contribution in [0.4, 0.5) is 0 Å². The normalized spacial score (nSPS) is 16.5. The first-order valence-electron chi connectivity index (χ1n) is 9.66. The monoisotopic (exact) mass is 431 g/mol. The summed E-state index contributed by atoms with van der Waals surface area (Å²) in [5.74, 6) is 0.779. The van der Waals surface area contributed by atoms with E-state index in [2.05, 4.69) is 22.0 Å². The fourth-order valence-electron chi connectivity index (χ4n) is 3.63. The number of hydrogen-bond acceptors (Lipinski definition) is 6. The van der Waals surface area contributed by atoms with E-state index >= 15 is 0 Å². The third kappa shape index (κ3) is 4.95. The van der Waals surface area contributed by atoms with E-state index in [1.807, 2.05) is 36.4 Å². The van der Waals surface area contributed by atoms with Crippen LogP contribution in [-0.4, -0.2) is 55.0 Å². The topological polar surface area (TPSA) is 62.7 Å². The number of likely N-dealkylation sites (tertiary alicyclic amines) is 1. The van der Waals surface area contributed by atoms with Crippen molar-refractivity contribution in [2.45, 2.75) is 25.4 Å². The second-order valence-electron chi connectivity index (χ2n) is 7.48. The Kier molecular flexibility index (Phi) is 5.87. The van der Waals surface area contributed by atoms with Crippen LogP contribution in [0.25, 0.3) is 10.2 Å². The van der Waals surface area contributed by atoms with Gasteiger partial charge in [0.05, 0.1) is 16.5 Å². The summed E-state index contributed by atoms with van der Waals surface area (Å²) in [6.07, 6.45) is 3.00. The number of hydrogen-bond donors (Lipinski definition) is 0. The summed E-state index contributed by atoms with van der Waals surface area (Å²) in [4.78, 5) is 6.87. The number of ether oxygens (including phenoxy) is 1. The van der Waals surface area contributed by atoms with E-state index in [1.165, 1.54) is 16.1 Å². The zero-order valence-electron chi connectivity index (χ0n) is 16.6. The van der Waals surface area contributed by atoms with Gasteiger partial charge in [-0.25, -0.2) is 17.7 Å². The van der Waals surface area contributed by atoms with Gasteiger partial charge in [0, 0.05) is 32.7 Å². The molecule has 1 aliphatic heterocycles. The van der Waals surface area contributed by atoms with E-state index in [-0.39, 0.29) is 6.04 Å². The van der Waals surface area contributed by atoms with Crippen molar-refractivity contribution in [2.75, 3.05) is 26.4 Å². The maximum absolute atomic E-state index is 11.7. The fraction of sp³-hybridized carbons (Fsp3) is 0.381. The van der Waals surface area contributed by atoms with Gasteiger partial charge in [-0.15, -0.1) is 0 Å². The van der Waals surface area contributed by atoms with E-state index < -0.39 is 10.0 Å².